The number of carbonyl (C=O) groups excluding carboxylic acids is 2. The zero-order valence-corrected chi connectivity index (χ0v) is 13.3. The van der Waals surface area contributed by atoms with Crippen LogP contribution in [-0.4, -0.2) is 21.7 Å². The Kier molecular flexibility index (Phi) is 3.85. The van der Waals surface area contributed by atoms with E-state index >= 15 is 0 Å². The van der Waals surface area contributed by atoms with Gasteiger partial charge in [0.25, 0.3) is 5.91 Å². The molecule has 124 valence electrons. The Morgan fingerprint density at radius 2 is 1.96 bits per heavy atom. The molecule has 1 atom stereocenters. The third-order valence-corrected chi connectivity index (χ3v) is 4.25. The minimum atomic E-state index is -0.287. The number of amides is 1. The topological polar surface area (TPSA) is 85.1 Å². The van der Waals surface area contributed by atoms with Gasteiger partial charge in [-0.15, -0.1) is 0 Å². The molecule has 2 heterocycles. The Hall–Kier alpha value is -3.28. The largest absolute Gasteiger partial charge is 0.469 e. The highest BCUT2D eigenvalue weighted by molar-refractivity contribution is 6.03. The second kappa shape index (κ2) is 6.32. The fourth-order valence-electron chi connectivity index (χ4n) is 2.99. The second-order valence-corrected chi connectivity index (χ2v) is 5.92. The molecule has 1 aliphatic rings. The van der Waals surface area contributed by atoms with Crippen molar-refractivity contribution in [2.24, 2.45) is 0 Å². The van der Waals surface area contributed by atoms with Gasteiger partial charge >= 0.3 is 0 Å². The highest BCUT2D eigenvalue weighted by Crippen LogP contribution is 2.32. The van der Waals surface area contributed by atoms with E-state index in [0.717, 1.165) is 5.76 Å². The predicted octanol–water partition coefficient (Wildman–Crippen LogP) is 3.23. The summed E-state index contributed by atoms with van der Waals surface area (Å²) in [6.07, 6.45) is 4.04. The van der Waals surface area contributed by atoms with E-state index in [4.69, 9.17) is 4.42 Å². The summed E-state index contributed by atoms with van der Waals surface area (Å²) in [6.45, 7) is 0. The molecule has 2 aromatic heterocycles. The monoisotopic (exact) mass is 333 g/mol. The van der Waals surface area contributed by atoms with Crippen LogP contribution in [0.4, 0.5) is 5.95 Å². The molecule has 6 nitrogen and oxygen atoms in total. The van der Waals surface area contributed by atoms with E-state index in [-0.39, 0.29) is 23.6 Å². The zero-order chi connectivity index (χ0) is 17.2. The Morgan fingerprint density at radius 3 is 2.72 bits per heavy atom. The first-order valence-corrected chi connectivity index (χ1v) is 7.99. The van der Waals surface area contributed by atoms with Crippen LogP contribution in [0.15, 0.2) is 59.3 Å². The number of Topliss-reactive ketones (excluding diaryl/α,β-unsaturated/α-hetero) is 1. The van der Waals surface area contributed by atoms with Gasteiger partial charge in [-0.3, -0.25) is 14.9 Å². The van der Waals surface area contributed by atoms with Gasteiger partial charge in [-0.05, 0) is 24.3 Å². The summed E-state index contributed by atoms with van der Waals surface area (Å²) in [4.78, 5) is 33.1. The van der Waals surface area contributed by atoms with Crippen molar-refractivity contribution in [1.82, 2.24) is 9.97 Å². The van der Waals surface area contributed by atoms with Crippen molar-refractivity contribution in [2.75, 3.05) is 5.32 Å². The van der Waals surface area contributed by atoms with Crippen LogP contribution in [0.5, 0.6) is 0 Å². The van der Waals surface area contributed by atoms with Gasteiger partial charge in [0.2, 0.25) is 5.95 Å². The molecule has 1 amide bonds. The average molecular weight is 333 g/mol. The lowest BCUT2D eigenvalue weighted by atomic mass is 9.85. The minimum absolute atomic E-state index is 0.0106. The van der Waals surface area contributed by atoms with Gasteiger partial charge in [-0.25, -0.2) is 9.97 Å². The first-order chi connectivity index (χ1) is 12.2. The van der Waals surface area contributed by atoms with Gasteiger partial charge < -0.3 is 4.42 Å². The van der Waals surface area contributed by atoms with Crippen LogP contribution in [0.3, 0.4) is 0 Å². The van der Waals surface area contributed by atoms with Crippen molar-refractivity contribution in [3.05, 3.63) is 77.5 Å². The third-order valence-electron chi connectivity index (χ3n) is 4.25. The van der Waals surface area contributed by atoms with Gasteiger partial charge in [0.1, 0.15) is 5.76 Å². The highest BCUT2D eigenvalue weighted by atomic mass is 16.3. The number of hydrogen-bond acceptors (Lipinski definition) is 5. The van der Waals surface area contributed by atoms with Crippen molar-refractivity contribution < 1.29 is 14.0 Å². The van der Waals surface area contributed by atoms with Crippen molar-refractivity contribution >= 4 is 17.6 Å². The molecule has 0 saturated heterocycles. The molecule has 3 aromatic rings. The summed E-state index contributed by atoms with van der Waals surface area (Å²) in [5.41, 5.74) is 1.67. The fraction of sp³-hybridized carbons (Fsp3) is 0.158. The maximum Gasteiger partial charge on any atom is 0.258 e. The van der Waals surface area contributed by atoms with E-state index in [9.17, 15) is 9.59 Å². The molecule has 1 N–H and O–H groups in total. The number of furan rings is 1. The summed E-state index contributed by atoms with van der Waals surface area (Å²) in [5.74, 6) is 0.629. The van der Waals surface area contributed by atoms with Crippen LogP contribution in [-0.2, 0) is 6.42 Å². The van der Waals surface area contributed by atoms with Crippen LogP contribution >= 0.6 is 0 Å². The van der Waals surface area contributed by atoms with Crippen LogP contribution in [0, 0.1) is 0 Å². The van der Waals surface area contributed by atoms with Crippen molar-refractivity contribution in [2.45, 2.75) is 18.8 Å². The number of benzene rings is 1. The van der Waals surface area contributed by atoms with Crippen molar-refractivity contribution in [1.29, 1.82) is 0 Å². The molecular formula is C19H15N3O3. The Morgan fingerprint density at radius 1 is 1.12 bits per heavy atom. The van der Waals surface area contributed by atoms with Gasteiger partial charge in [-0.2, -0.15) is 0 Å². The van der Waals surface area contributed by atoms with E-state index in [1.165, 1.54) is 6.20 Å². The molecule has 6 heteroatoms. The number of aromatic nitrogens is 2. The van der Waals surface area contributed by atoms with Crippen LogP contribution in [0.25, 0.3) is 0 Å². The van der Waals surface area contributed by atoms with Gasteiger partial charge in [0.05, 0.1) is 17.5 Å². The van der Waals surface area contributed by atoms with E-state index in [1.54, 1.807) is 36.6 Å². The summed E-state index contributed by atoms with van der Waals surface area (Å²) in [7, 11) is 0. The lowest BCUT2D eigenvalue weighted by molar-refractivity contribution is 0.0958. The SMILES string of the molecule is O=C(Nc1ncc2c(n1)C[C@H](c1ccco1)CC2=O)c1ccccc1. The molecule has 0 saturated carbocycles. The average Bonchev–Trinajstić information content (AvgIpc) is 3.17. The maximum atomic E-state index is 12.3. The zero-order valence-electron chi connectivity index (χ0n) is 13.3. The fourth-order valence-corrected chi connectivity index (χ4v) is 2.99. The molecule has 1 aliphatic carbocycles. The van der Waals surface area contributed by atoms with Crippen LogP contribution in [0.1, 0.15) is 44.5 Å². The Balaban J connectivity index is 1.58. The Labute approximate surface area is 143 Å². The summed E-state index contributed by atoms with van der Waals surface area (Å²) in [6, 6.07) is 12.5. The Bertz CT molecular complexity index is 920. The summed E-state index contributed by atoms with van der Waals surface area (Å²) >= 11 is 0. The minimum Gasteiger partial charge on any atom is -0.469 e. The highest BCUT2D eigenvalue weighted by Gasteiger charge is 2.29. The number of nitrogens with zero attached hydrogens (tertiary/aromatic N) is 2. The summed E-state index contributed by atoms with van der Waals surface area (Å²) < 4.78 is 5.42. The number of ketones is 1. The molecule has 1 aromatic carbocycles. The van der Waals surface area contributed by atoms with Crippen molar-refractivity contribution in [3.63, 3.8) is 0 Å². The molecule has 0 bridgehead atoms. The number of fused-ring (bicyclic) bond motifs is 1. The maximum absolute atomic E-state index is 12.3. The number of nitrogens with one attached hydrogen (secondary N) is 1. The number of hydrogen-bond donors (Lipinski definition) is 1. The normalized spacial score (nSPS) is 16.3. The summed E-state index contributed by atoms with van der Waals surface area (Å²) in [5, 5.41) is 2.68. The standard InChI is InChI=1S/C19H15N3O3/c23-16-10-13(17-7-4-8-25-17)9-15-14(16)11-20-19(21-15)22-18(24)12-5-2-1-3-6-12/h1-8,11,13H,9-10H2,(H,20,21,22,24)/t13-/m0/s1. The number of anilines is 1. The van der Waals surface area contributed by atoms with E-state index in [0.29, 0.717) is 29.7 Å². The molecule has 0 fully saturated rings. The first kappa shape index (κ1) is 15.3. The lowest BCUT2D eigenvalue weighted by Gasteiger charge is -2.21. The molecule has 0 radical (unpaired) electrons. The van der Waals surface area contributed by atoms with E-state index < -0.39 is 0 Å². The lowest BCUT2D eigenvalue weighted by Crippen LogP contribution is -2.22. The smallest absolute Gasteiger partial charge is 0.258 e. The van der Waals surface area contributed by atoms with Gasteiger partial charge in [0, 0.05) is 30.5 Å². The quantitative estimate of drug-likeness (QED) is 0.795. The number of rotatable bonds is 3. The van der Waals surface area contributed by atoms with Crippen LogP contribution in [0.2, 0.25) is 0 Å². The molecule has 0 unspecified atom stereocenters. The predicted molar refractivity (Wildman–Crippen MR) is 90.5 cm³/mol. The van der Waals surface area contributed by atoms with Crippen LogP contribution < -0.4 is 5.32 Å². The molecule has 0 spiro atoms. The molecule has 0 aliphatic heterocycles. The first-order valence-electron chi connectivity index (χ1n) is 7.99. The number of carbonyl (C=O) groups is 2. The van der Waals surface area contributed by atoms with E-state index in [1.807, 2.05) is 12.1 Å². The van der Waals surface area contributed by atoms with Gasteiger partial charge in [-0.1, -0.05) is 18.2 Å². The van der Waals surface area contributed by atoms with E-state index in [2.05, 4.69) is 15.3 Å². The van der Waals surface area contributed by atoms with Gasteiger partial charge in [0.15, 0.2) is 5.78 Å². The third kappa shape index (κ3) is 3.06. The molecule has 4 rings (SSSR count). The molecule has 25 heavy (non-hydrogen) atoms. The molecular weight excluding hydrogens is 318 g/mol. The second-order valence-electron chi connectivity index (χ2n) is 5.92. The van der Waals surface area contributed by atoms with Crippen molar-refractivity contribution in [3.8, 4) is 0 Å².